The molecule has 1 aromatic carbocycles. The van der Waals surface area contributed by atoms with E-state index in [1.165, 1.54) is 0 Å². The van der Waals surface area contributed by atoms with E-state index in [0.717, 1.165) is 44.9 Å². The van der Waals surface area contributed by atoms with Gasteiger partial charge in [-0.15, -0.1) is 0 Å². The molecule has 4 N–H and O–H groups in total. The van der Waals surface area contributed by atoms with E-state index in [0.29, 0.717) is 30.6 Å². The van der Waals surface area contributed by atoms with Crippen molar-refractivity contribution in [3.8, 4) is 0 Å². The van der Waals surface area contributed by atoms with Crippen molar-refractivity contribution in [2.75, 3.05) is 0 Å². The van der Waals surface area contributed by atoms with E-state index >= 15 is 0 Å². The molecule has 0 spiro atoms. The van der Waals surface area contributed by atoms with Crippen molar-refractivity contribution >= 4 is 17.8 Å². The lowest BCUT2D eigenvalue weighted by atomic mass is 9.45. The highest BCUT2D eigenvalue weighted by molar-refractivity contribution is 5.95. The molecular weight excluding hydrogens is 575 g/mol. The number of fused-ring (bicyclic) bond motifs is 5. The Morgan fingerprint density at radius 2 is 1.49 bits per heavy atom. The van der Waals surface area contributed by atoms with Crippen LogP contribution in [0.1, 0.15) is 94.8 Å². The number of aliphatic carboxylic acids is 1. The Balaban J connectivity index is 1.25. The lowest BCUT2D eigenvalue weighted by Gasteiger charge is -2.61. The minimum absolute atomic E-state index is 0.0228. The lowest BCUT2D eigenvalue weighted by Crippen LogP contribution is -2.56. The van der Waals surface area contributed by atoms with Gasteiger partial charge >= 0.3 is 11.9 Å². The van der Waals surface area contributed by atoms with E-state index in [1.807, 2.05) is 0 Å². The van der Waals surface area contributed by atoms with E-state index in [2.05, 4.69) is 19.2 Å². The second-order valence-corrected chi connectivity index (χ2v) is 13.6. The molecule has 0 aromatic heterocycles. The Morgan fingerprint density at radius 1 is 0.884 bits per heavy atom. The topological polar surface area (TPSA) is 119 Å². The maximum absolute atomic E-state index is 14.3. The zero-order valence-electron chi connectivity index (χ0n) is 24.4. The summed E-state index contributed by atoms with van der Waals surface area (Å²) in [6, 6.07) is -1.44. The molecule has 0 heterocycles. The first-order valence-electron chi connectivity index (χ1n) is 15.2. The molecule has 4 aliphatic rings. The molecule has 0 radical (unpaired) electrons. The summed E-state index contributed by atoms with van der Waals surface area (Å²) in [6.45, 7) is 4.37. The number of hydrogen-bond acceptors (Lipinski definition) is 5. The molecule has 0 unspecified atom stereocenters. The van der Waals surface area contributed by atoms with Gasteiger partial charge in [0.25, 0.3) is 5.91 Å². The quantitative estimate of drug-likeness (QED) is 0.159. The van der Waals surface area contributed by atoms with Crippen LogP contribution in [0.15, 0.2) is 0 Å². The fourth-order valence-electron chi connectivity index (χ4n) is 9.25. The fraction of sp³-hybridized carbons (Fsp3) is 0.710. The summed E-state index contributed by atoms with van der Waals surface area (Å²) < 4.78 is 75.4. The molecular formula is C31H39F5N2O5. The lowest BCUT2D eigenvalue weighted by molar-refractivity contribution is -0.163. The minimum Gasteiger partial charge on any atom is -0.481 e. The van der Waals surface area contributed by atoms with E-state index < -0.39 is 64.6 Å². The number of carbonyl (C=O) groups excluding carboxylic acids is 2. The largest absolute Gasteiger partial charge is 0.481 e. The Bertz CT molecular complexity index is 1280. The first-order valence-corrected chi connectivity index (χ1v) is 15.2. The maximum atomic E-state index is 14.3. The molecule has 1 aromatic rings. The second kappa shape index (κ2) is 11.6. The summed E-state index contributed by atoms with van der Waals surface area (Å²) in [7, 11) is 0. The zero-order valence-corrected chi connectivity index (χ0v) is 24.4. The number of esters is 1. The van der Waals surface area contributed by atoms with Gasteiger partial charge in [0.15, 0.2) is 23.3 Å². The van der Waals surface area contributed by atoms with Crippen LogP contribution in [0.3, 0.4) is 0 Å². The van der Waals surface area contributed by atoms with E-state index in [1.54, 1.807) is 0 Å². The molecule has 1 amide bonds. The highest BCUT2D eigenvalue weighted by Gasteiger charge is 2.60. The molecule has 12 heteroatoms. The smallest absolute Gasteiger partial charge is 0.323 e. The summed E-state index contributed by atoms with van der Waals surface area (Å²) in [5.74, 6) is -12.4. The standard InChI is InChI=1S/C31H39F5N2O5/c1-30-11-9-15(43-29(42)19(37)6-8-21(39)40)13-14(30)3-4-16-17-5-7-20(31(17,2)12-10-18(16)30)38-28(41)22-23(32)25(34)27(36)26(35)24(22)33/h14-20H,3-13,37H2,1-2H3,(H,38,41)(H,39,40)/t14-,15-,16+,17+,18+,19+,20-,30+,31+/m1/s1. The van der Waals surface area contributed by atoms with Gasteiger partial charge in [-0.1, -0.05) is 13.8 Å². The third-order valence-corrected chi connectivity index (χ3v) is 11.6. The monoisotopic (exact) mass is 614 g/mol. The molecule has 0 aliphatic heterocycles. The number of benzene rings is 1. The summed E-state index contributed by atoms with van der Waals surface area (Å²) in [5, 5.41) is 11.5. The Morgan fingerprint density at radius 3 is 2.14 bits per heavy atom. The minimum atomic E-state index is -2.30. The van der Waals surface area contributed by atoms with E-state index in [-0.39, 0.29) is 35.7 Å². The number of carboxylic acid groups (broad SMARTS) is 1. The molecule has 4 fully saturated rings. The zero-order chi connectivity index (χ0) is 31.4. The second-order valence-electron chi connectivity index (χ2n) is 13.6. The van der Waals surface area contributed by atoms with Crippen molar-refractivity contribution in [1.82, 2.24) is 5.32 Å². The highest BCUT2D eigenvalue weighted by Crippen LogP contribution is 2.66. The van der Waals surface area contributed by atoms with Crippen LogP contribution in [-0.2, 0) is 14.3 Å². The molecule has 4 saturated carbocycles. The first-order chi connectivity index (χ1) is 20.2. The van der Waals surface area contributed by atoms with Crippen LogP contribution in [0.5, 0.6) is 0 Å². The van der Waals surface area contributed by atoms with Gasteiger partial charge in [-0.2, -0.15) is 0 Å². The van der Waals surface area contributed by atoms with Crippen LogP contribution in [0.2, 0.25) is 0 Å². The van der Waals surface area contributed by atoms with Crippen LogP contribution in [-0.4, -0.2) is 41.1 Å². The number of nitrogens with one attached hydrogen (secondary N) is 1. The Kier molecular flexibility index (Phi) is 8.56. The van der Waals surface area contributed by atoms with Crippen molar-refractivity contribution < 1.29 is 46.2 Å². The first kappa shape index (κ1) is 31.7. The third-order valence-electron chi connectivity index (χ3n) is 11.6. The molecule has 43 heavy (non-hydrogen) atoms. The summed E-state index contributed by atoms with van der Waals surface area (Å²) in [5.41, 5.74) is 4.03. The van der Waals surface area contributed by atoms with Crippen LogP contribution < -0.4 is 11.1 Å². The van der Waals surface area contributed by atoms with Crippen molar-refractivity contribution in [1.29, 1.82) is 0 Å². The Labute approximate surface area is 247 Å². The van der Waals surface area contributed by atoms with Crippen molar-refractivity contribution in [3.05, 3.63) is 34.6 Å². The number of amides is 1. The van der Waals surface area contributed by atoms with Gasteiger partial charge in [-0.3, -0.25) is 14.4 Å². The van der Waals surface area contributed by atoms with Gasteiger partial charge in [0.2, 0.25) is 5.82 Å². The van der Waals surface area contributed by atoms with Gasteiger partial charge in [0.05, 0.1) is 0 Å². The van der Waals surface area contributed by atoms with Crippen LogP contribution >= 0.6 is 0 Å². The van der Waals surface area contributed by atoms with Crippen LogP contribution in [0.25, 0.3) is 0 Å². The number of hydrogen-bond donors (Lipinski definition) is 3. The third kappa shape index (κ3) is 5.42. The molecule has 0 bridgehead atoms. The molecule has 7 nitrogen and oxygen atoms in total. The number of carbonyl (C=O) groups is 3. The number of halogens is 5. The maximum Gasteiger partial charge on any atom is 0.323 e. The predicted molar refractivity (Wildman–Crippen MR) is 144 cm³/mol. The van der Waals surface area contributed by atoms with Gasteiger partial charge in [0.1, 0.15) is 17.7 Å². The average molecular weight is 615 g/mol. The van der Waals surface area contributed by atoms with Crippen molar-refractivity contribution in [2.24, 2.45) is 40.2 Å². The highest BCUT2D eigenvalue weighted by atomic mass is 19.2. The number of rotatable bonds is 7. The van der Waals surface area contributed by atoms with E-state index in [9.17, 15) is 36.3 Å². The number of ether oxygens (including phenoxy) is 1. The molecule has 9 atom stereocenters. The molecule has 0 saturated heterocycles. The van der Waals surface area contributed by atoms with E-state index in [4.69, 9.17) is 15.6 Å². The van der Waals surface area contributed by atoms with Gasteiger partial charge in [-0.05, 0) is 98.7 Å². The van der Waals surface area contributed by atoms with Crippen molar-refractivity contribution in [2.45, 2.75) is 103 Å². The number of carboxylic acids is 1. The normalized spacial score (nSPS) is 35.7. The summed E-state index contributed by atoms with van der Waals surface area (Å²) >= 11 is 0. The Hall–Kier alpha value is -2.76. The molecule has 238 valence electrons. The molecule has 4 aliphatic carbocycles. The average Bonchev–Trinajstić information content (AvgIpc) is 3.29. The summed E-state index contributed by atoms with van der Waals surface area (Å²) in [4.78, 5) is 36.2. The molecule has 5 rings (SSSR count). The van der Waals surface area contributed by atoms with Gasteiger partial charge in [-0.25, -0.2) is 22.0 Å². The van der Waals surface area contributed by atoms with Gasteiger partial charge in [0, 0.05) is 12.5 Å². The van der Waals surface area contributed by atoms with Crippen LogP contribution in [0.4, 0.5) is 22.0 Å². The van der Waals surface area contributed by atoms with Crippen LogP contribution in [0, 0.1) is 63.6 Å². The SMILES string of the molecule is C[C@]12CC[C@@H](OC(=O)[C@@H](N)CCC(=O)O)C[C@H]1CC[C@@H]1[C@@H]2CC[C@]2(C)[C@H](NC(=O)c3c(F)c(F)c(F)c(F)c3F)CC[C@@H]12. The van der Waals surface area contributed by atoms with Gasteiger partial charge < -0.3 is 20.9 Å². The fourth-order valence-corrected chi connectivity index (χ4v) is 9.25. The predicted octanol–water partition coefficient (Wildman–Crippen LogP) is 5.63. The van der Waals surface area contributed by atoms with Crippen molar-refractivity contribution in [3.63, 3.8) is 0 Å². The summed E-state index contributed by atoms with van der Waals surface area (Å²) in [6.07, 6.45) is 6.68. The number of nitrogens with two attached hydrogens (primary N) is 1.